The fraction of sp³-hybridized carbons (Fsp3) is 0.537. The Kier molecular flexibility index (Phi) is 12.7. The highest BCUT2D eigenvalue weighted by molar-refractivity contribution is 5.85. The van der Waals surface area contributed by atoms with Crippen LogP contribution in [0.1, 0.15) is 95.9 Å². The number of hydrogen-bond acceptors (Lipinski definition) is 12. The summed E-state index contributed by atoms with van der Waals surface area (Å²) in [5, 5.41) is 29.6. The summed E-state index contributed by atoms with van der Waals surface area (Å²) in [6.45, 7) is 9.69. The Hall–Kier alpha value is -5.07. The van der Waals surface area contributed by atoms with Gasteiger partial charge in [-0.1, -0.05) is 38.8 Å². The van der Waals surface area contributed by atoms with Crippen LogP contribution in [-0.2, 0) is 35.2 Å². The van der Waals surface area contributed by atoms with Gasteiger partial charge in [-0.15, -0.1) is 0 Å². The van der Waals surface area contributed by atoms with E-state index in [1.165, 1.54) is 0 Å². The Labute approximate surface area is 311 Å². The molecule has 280 valence electrons. The summed E-state index contributed by atoms with van der Waals surface area (Å²) in [4.78, 5) is 29.7. The van der Waals surface area contributed by atoms with Crippen LogP contribution in [-0.4, -0.2) is 63.2 Å². The van der Waals surface area contributed by atoms with Crippen LogP contribution in [0.2, 0.25) is 0 Å². The Morgan fingerprint density at radius 1 is 0.755 bits per heavy atom. The number of carbonyl (C=O) groups is 1. The lowest BCUT2D eigenvalue weighted by atomic mass is 9.66. The predicted molar refractivity (Wildman–Crippen MR) is 199 cm³/mol. The molecule has 53 heavy (non-hydrogen) atoms. The first-order valence-electron chi connectivity index (χ1n) is 18.6. The van der Waals surface area contributed by atoms with Crippen molar-refractivity contribution in [2.75, 3.05) is 26.4 Å². The Bertz CT molecular complexity index is 1990. The standard InChI is InChI=1S/C23H29N3O4.C18H21N3O2/c1-5-19-25-18-8-7-16(14-23(15-24)9-6-10-23)13-17(18)20(26-19)28-11-12-29-21(27)30-22(2,3)4;1-2-16-20-15-5-4-13(11-18(12-19)6-3-7-18)10-14(15)17(21-16)23-9-8-22/h7-8,13H,5-6,9-12,14H2,1-4H3;4-5,10,22H,2-3,6-9,11H2,1H3. The number of nitrogens with zero attached hydrogens (tertiary/aromatic N) is 6. The SMILES string of the molecule is CCc1nc(OCCO)c2cc(CC3(C#N)CCC3)ccc2n1.CCc1nc(OCCOC(=O)OC(C)(C)C)c2cc(CC3(C#N)CCC3)ccc2n1. The number of rotatable bonds is 13. The lowest BCUT2D eigenvalue weighted by Gasteiger charge is -2.35. The van der Waals surface area contributed by atoms with Gasteiger partial charge in [-0.25, -0.2) is 14.8 Å². The van der Waals surface area contributed by atoms with Gasteiger partial charge >= 0.3 is 6.16 Å². The van der Waals surface area contributed by atoms with Gasteiger partial charge in [-0.3, -0.25) is 0 Å². The molecule has 6 rings (SSSR count). The third kappa shape index (κ3) is 10.1. The molecule has 2 heterocycles. The van der Waals surface area contributed by atoms with Crippen molar-refractivity contribution in [3.05, 3.63) is 59.2 Å². The van der Waals surface area contributed by atoms with Gasteiger partial charge in [0.15, 0.2) is 0 Å². The molecule has 2 aliphatic carbocycles. The zero-order valence-electron chi connectivity index (χ0n) is 31.5. The van der Waals surface area contributed by atoms with Gasteiger partial charge in [0, 0.05) is 12.8 Å². The van der Waals surface area contributed by atoms with Gasteiger partial charge in [0.2, 0.25) is 11.8 Å². The molecular formula is C41H50N6O6. The number of carbonyl (C=O) groups excluding carboxylic acids is 1. The molecule has 2 aromatic carbocycles. The number of benzene rings is 2. The van der Waals surface area contributed by atoms with Crippen LogP contribution in [0.3, 0.4) is 0 Å². The summed E-state index contributed by atoms with van der Waals surface area (Å²) < 4.78 is 21.6. The molecule has 1 N–H and O–H groups in total. The van der Waals surface area contributed by atoms with Gasteiger partial charge in [0.05, 0.1) is 51.4 Å². The number of aromatic nitrogens is 4. The van der Waals surface area contributed by atoms with E-state index < -0.39 is 11.8 Å². The Morgan fingerprint density at radius 3 is 1.60 bits per heavy atom. The fourth-order valence-electron chi connectivity index (χ4n) is 6.47. The van der Waals surface area contributed by atoms with Crippen LogP contribution >= 0.6 is 0 Å². The number of nitriles is 2. The molecule has 0 unspecified atom stereocenters. The van der Waals surface area contributed by atoms with Crippen molar-refractivity contribution in [3.63, 3.8) is 0 Å². The number of hydrogen-bond donors (Lipinski definition) is 1. The quantitative estimate of drug-likeness (QED) is 0.106. The highest BCUT2D eigenvalue weighted by Gasteiger charge is 2.38. The lowest BCUT2D eigenvalue weighted by Crippen LogP contribution is -2.29. The van der Waals surface area contributed by atoms with Gasteiger partial charge in [-0.2, -0.15) is 20.5 Å². The molecule has 2 aromatic heterocycles. The Morgan fingerprint density at radius 2 is 1.23 bits per heavy atom. The smallest absolute Gasteiger partial charge is 0.475 e. The molecule has 2 fully saturated rings. The third-order valence-corrected chi connectivity index (χ3v) is 9.62. The molecule has 0 saturated heterocycles. The Balaban J connectivity index is 0.000000211. The van der Waals surface area contributed by atoms with Crippen molar-refractivity contribution in [3.8, 4) is 23.9 Å². The zero-order valence-corrected chi connectivity index (χ0v) is 31.5. The van der Waals surface area contributed by atoms with Crippen molar-refractivity contribution in [2.24, 2.45) is 10.8 Å². The first kappa shape index (κ1) is 39.1. The van der Waals surface area contributed by atoms with E-state index in [0.717, 1.165) is 96.5 Å². The first-order valence-corrected chi connectivity index (χ1v) is 18.6. The van der Waals surface area contributed by atoms with Crippen LogP contribution in [0.25, 0.3) is 21.8 Å². The van der Waals surface area contributed by atoms with Gasteiger partial charge < -0.3 is 24.1 Å². The summed E-state index contributed by atoms with van der Waals surface area (Å²) in [6, 6.07) is 17.0. The van der Waals surface area contributed by atoms with Crippen molar-refractivity contribution >= 4 is 28.0 Å². The van der Waals surface area contributed by atoms with Gasteiger partial charge in [0.25, 0.3) is 0 Å². The first-order chi connectivity index (χ1) is 25.4. The molecule has 0 spiro atoms. The summed E-state index contributed by atoms with van der Waals surface area (Å²) in [5.41, 5.74) is 2.77. The number of fused-ring (bicyclic) bond motifs is 2. The average molecular weight is 723 g/mol. The molecule has 0 atom stereocenters. The zero-order chi connectivity index (χ0) is 38.1. The molecule has 2 aliphatic rings. The predicted octanol–water partition coefficient (Wildman–Crippen LogP) is 7.56. The number of aryl methyl sites for hydroxylation is 2. The minimum atomic E-state index is -0.725. The molecule has 2 saturated carbocycles. The number of aliphatic hydroxyl groups is 1. The van der Waals surface area contributed by atoms with Crippen LogP contribution in [0.15, 0.2) is 36.4 Å². The molecule has 12 nitrogen and oxygen atoms in total. The maximum absolute atomic E-state index is 11.7. The van der Waals surface area contributed by atoms with E-state index in [9.17, 15) is 15.3 Å². The third-order valence-electron chi connectivity index (χ3n) is 9.62. The van der Waals surface area contributed by atoms with Crippen molar-refractivity contribution in [2.45, 2.75) is 104 Å². The normalized spacial score (nSPS) is 15.5. The van der Waals surface area contributed by atoms with Crippen molar-refractivity contribution in [1.82, 2.24) is 19.9 Å². The van der Waals surface area contributed by atoms with Crippen LogP contribution in [0.5, 0.6) is 11.8 Å². The van der Waals surface area contributed by atoms with Crippen LogP contribution in [0.4, 0.5) is 4.79 Å². The van der Waals surface area contributed by atoms with E-state index in [0.29, 0.717) is 24.0 Å². The summed E-state index contributed by atoms with van der Waals surface area (Å²) in [6.07, 6.45) is 8.23. The maximum Gasteiger partial charge on any atom is 0.508 e. The summed E-state index contributed by atoms with van der Waals surface area (Å²) in [7, 11) is 0. The molecule has 0 bridgehead atoms. The van der Waals surface area contributed by atoms with Gasteiger partial charge in [-0.05, 0) is 94.7 Å². The minimum Gasteiger partial charge on any atom is -0.475 e. The number of aliphatic hydroxyl groups excluding tert-OH is 1. The average Bonchev–Trinajstić information content (AvgIpc) is 3.11. The van der Waals surface area contributed by atoms with Crippen molar-refractivity contribution < 1.29 is 28.8 Å². The van der Waals surface area contributed by atoms with E-state index in [4.69, 9.17) is 24.1 Å². The topological polar surface area (TPSA) is 173 Å². The molecule has 4 aromatic rings. The summed E-state index contributed by atoms with van der Waals surface area (Å²) >= 11 is 0. The van der Waals surface area contributed by atoms with Gasteiger partial charge in [0.1, 0.15) is 37.1 Å². The van der Waals surface area contributed by atoms with E-state index in [2.05, 4.69) is 32.1 Å². The molecule has 12 heteroatoms. The van der Waals surface area contributed by atoms with E-state index in [1.54, 1.807) is 20.8 Å². The minimum absolute atomic E-state index is 0.0514. The highest BCUT2D eigenvalue weighted by atomic mass is 16.7. The second kappa shape index (κ2) is 17.2. The molecular weight excluding hydrogens is 672 g/mol. The highest BCUT2D eigenvalue weighted by Crippen LogP contribution is 2.44. The largest absolute Gasteiger partial charge is 0.508 e. The fourth-order valence-corrected chi connectivity index (χ4v) is 6.47. The van der Waals surface area contributed by atoms with Crippen LogP contribution in [0, 0.1) is 33.5 Å². The molecule has 0 amide bonds. The van der Waals surface area contributed by atoms with Crippen molar-refractivity contribution in [1.29, 1.82) is 10.5 Å². The lowest BCUT2D eigenvalue weighted by molar-refractivity contribution is -0.0115. The number of ether oxygens (including phenoxy) is 4. The summed E-state index contributed by atoms with van der Waals surface area (Å²) in [5.74, 6) is 2.39. The van der Waals surface area contributed by atoms with Crippen LogP contribution < -0.4 is 9.47 Å². The van der Waals surface area contributed by atoms with E-state index in [1.807, 2.05) is 50.2 Å². The maximum atomic E-state index is 11.7. The van der Waals surface area contributed by atoms with E-state index >= 15 is 0 Å². The monoisotopic (exact) mass is 722 g/mol. The second-order valence-electron chi connectivity index (χ2n) is 14.9. The molecule has 0 aliphatic heterocycles. The second-order valence-corrected chi connectivity index (χ2v) is 14.9. The molecule has 0 radical (unpaired) electrons. The van der Waals surface area contributed by atoms with E-state index in [-0.39, 0.29) is 37.3 Å².